The Morgan fingerprint density at radius 1 is 1.36 bits per heavy atom. The highest BCUT2D eigenvalue weighted by Gasteiger charge is 2.56. The number of hydrogen-bond donors (Lipinski definition) is 1. The Balaban J connectivity index is 1.36. The maximum absolute atomic E-state index is 12.6. The smallest absolute Gasteiger partial charge is 0.224 e. The summed E-state index contributed by atoms with van der Waals surface area (Å²) >= 11 is 1.76. The van der Waals surface area contributed by atoms with E-state index < -0.39 is 0 Å². The summed E-state index contributed by atoms with van der Waals surface area (Å²) in [5.74, 6) is 0.290. The molecule has 1 N–H and O–H groups in total. The summed E-state index contributed by atoms with van der Waals surface area (Å²) in [5.41, 5.74) is 1.91. The number of ether oxygens (including phenoxy) is 1. The summed E-state index contributed by atoms with van der Waals surface area (Å²) in [6, 6.07) is 2.88. The first-order valence-corrected chi connectivity index (χ1v) is 10.5. The molecule has 138 valence electrons. The predicted octanol–water partition coefficient (Wildman–Crippen LogP) is 1.94. The predicted molar refractivity (Wildman–Crippen MR) is 99.7 cm³/mol. The Morgan fingerprint density at radius 2 is 2.16 bits per heavy atom. The lowest BCUT2D eigenvalue weighted by molar-refractivity contribution is -0.135. The van der Waals surface area contributed by atoms with E-state index in [1.165, 1.54) is 24.8 Å². The van der Waals surface area contributed by atoms with E-state index in [-0.39, 0.29) is 0 Å². The molecule has 1 aromatic rings. The molecule has 0 radical (unpaired) electrons. The van der Waals surface area contributed by atoms with E-state index in [0.717, 1.165) is 39.3 Å². The van der Waals surface area contributed by atoms with Crippen LogP contribution in [0.4, 0.5) is 0 Å². The SMILES string of the molecule is O=C(CCN(Cc1ccsc1)[C@H]1CC12CCNCC2)N1CCOCC1. The molecule has 3 aliphatic rings. The van der Waals surface area contributed by atoms with Gasteiger partial charge in [-0.25, -0.2) is 0 Å². The van der Waals surface area contributed by atoms with E-state index in [0.29, 0.717) is 37.0 Å². The van der Waals surface area contributed by atoms with Crippen molar-refractivity contribution in [3.05, 3.63) is 22.4 Å². The number of thiophene rings is 1. The third-order valence-electron chi connectivity index (χ3n) is 6.13. The van der Waals surface area contributed by atoms with Gasteiger partial charge < -0.3 is 15.0 Å². The van der Waals surface area contributed by atoms with E-state index in [2.05, 4.69) is 27.0 Å². The molecule has 1 aliphatic carbocycles. The van der Waals surface area contributed by atoms with Gasteiger partial charge in [0.1, 0.15) is 0 Å². The van der Waals surface area contributed by atoms with Gasteiger partial charge in [0.15, 0.2) is 0 Å². The van der Waals surface area contributed by atoms with Crippen molar-refractivity contribution in [2.45, 2.75) is 38.3 Å². The maximum atomic E-state index is 12.6. The van der Waals surface area contributed by atoms with Crippen LogP contribution in [0.1, 0.15) is 31.2 Å². The molecule has 4 rings (SSSR count). The second-order valence-corrected chi connectivity index (χ2v) is 8.46. The van der Waals surface area contributed by atoms with E-state index in [4.69, 9.17) is 4.74 Å². The molecule has 0 unspecified atom stereocenters. The first kappa shape index (κ1) is 17.5. The summed E-state index contributed by atoms with van der Waals surface area (Å²) in [6.45, 7) is 7.04. The van der Waals surface area contributed by atoms with Gasteiger partial charge in [-0.3, -0.25) is 9.69 Å². The van der Waals surface area contributed by atoms with Crippen molar-refractivity contribution in [1.29, 1.82) is 0 Å². The van der Waals surface area contributed by atoms with Gasteiger partial charge >= 0.3 is 0 Å². The Labute approximate surface area is 154 Å². The number of morpholine rings is 1. The lowest BCUT2D eigenvalue weighted by Crippen LogP contribution is -2.42. The number of amides is 1. The fourth-order valence-corrected chi connectivity index (χ4v) is 5.14. The second-order valence-electron chi connectivity index (χ2n) is 7.68. The van der Waals surface area contributed by atoms with Gasteiger partial charge in [0.05, 0.1) is 13.2 Å². The van der Waals surface area contributed by atoms with Crippen LogP contribution in [-0.4, -0.2) is 67.7 Å². The summed E-state index contributed by atoms with van der Waals surface area (Å²) in [4.78, 5) is 17.1. The largest absolute Gasteiger partial charge is 0.378 e. The van der Waals surface area contributed by atoms with Crippen LogP contribution in [0.2, 0.25) is 0 Å². The molecule has 2 saturated heterocycles. The van der Waals surface area contributed by atoms with Crippen molar-refractivity contribution in [3.8, 4) is 0 Å². The summed E-state index contributed by atoms with van der Waals surface area (Å²) in [5, 5.41) is 7.89. The molecule has 3 fully saturated rings. The van der Waals surface area contributed by atoms with Crippen molar-refractivity contribution in [2.24, 2.45) is 5.41 Å². The van der Waals surface area contributed by atoms with E-state index >= 15 is 0 Å². The molecule has 1 atom stereocenters. The van der Waals surface area contributed by atoms with Crippen LogP contribution in [0.25, 0.3) is 0 Å². The molecule has 1 saturated carbocycles. The molecule has 5 nitrogen and oxygen atoms in total. The lowest BCUT2D eigenvalue weighted by atomic mass is 9.93. The molecule has 1 spiro atoms. The lowest BCUT2D eigenvalue weighted by Gasteiger charge is -2.31. The van der Waals surface area contributed by atoms with E-state index in [9.17, 15) is 4.79 Å². The molecule has 2 aliphatic heterocycles. The van der Waals surface area contributed by atoms with Crippen LogP contribution in [-0.2, 0) is 16.1 Å². The molecule has 25 heavy (non-hydrogen) atoms. The molecule has 0 aromatic carbocycles. The van der Waals surface area contributed by atoms with Crippen molar-refractivity contribution in [2.75, 3.05) is 45.9 Å². The van der Waals surface area contributed by atoms with Gasteiger partial charge in [-0.15, -0.1) is 0 Å². The number of rotatable bonds is 6. The maximum Gasteiger partial charge on any atom is 0.224 e. The molecule has 1 amide bonds. The van der Waals surface area contributed by atoms with Gasteiger partial charge in [-0.1, -0.05) is 0 Å². The number of carbonyl (C=O) groups excluding carboxylic acids is 1. The summed E-state index contributed by atoms with van der Waals surface area (Å²) < 4.78 is 5.36. The van der Waals surface area contributed by atoms with Gasteiger partial charge in [0.2, 0.25) is 5.91 Å². The van der Waals surface area contributed by atoms with Crippen LogP contribution in [0.3, 0.4) is 0 Å². The zero-order valence-corrected chi connectivity index (χ0v) is 15.7. The first-order valence-electron chi connectivity index (χ1n) is 9.58. The topological polar surface area (TPSA) is 44.8 Å². The van der Waals surface area contributed by atoms with Crippen LogP contribution in [0, 0.1) is 5.41 Å². The third kappa shape index (κ3) is 4.08. The monoisotopic (exact) mass is 363 g/mol. The van der Waals surface area contributed by atoms with Crippen LogP contribution in [0.15, 0.2) is 16.8 Å². The Kier molecular flexibility index (Phi) is 5.41. The normalized spacial score (nSPS) is 25.5. The Hall–Kier alpha value is -0.950. The molecule has 0 bridgehead atoms. The minimum absolute atomic E-state index is 0.290. The average molecular weight is 364 g/mol. The van der Waals surface area contributed by atoms with Crippen molar-refractivity contribution in [1.82, 2.24) is 15.1 Å². The zero-order valence-electron chi connectivity index (χ0n) is 14.9. The highest BCUT2D eigenvalue weighted by molar-refractivity contribution is 7.07. The summed E-state index contributed by atoms with van der Waals surface area (Å²) in [7, 11) is 0. The van der Waals surface area contributed by atoms with Gasteiger partial charge in [0, 0.05) is 38.6 Å². The average Bonchev–Trinajstić information content (AvgIpc) is 3.09. The zero-order chi connectivity index (χ0) is 17.1. The van der Waals surface area contributed by atoms with Crippen molar-refractivity contribution >= 4 is 17.2 Å². The number of carbonyl (C=O) groups is 1. The first-order chi connectivity index (χ1) is 12.3. The fourth-order valence-electron chi connectivity index (χ4n) is 4.48. The molecule has 1 aromatic heterocycles. The van der Waals surface area contributed by atoms with E-state index in [1.54, 1.807) is 11.3 Å². The number of piperidine rings is 1. The molecular formula is C19H29N3O2S. The second kappa shape index (κ2) is 7.74. The number of hydrogen-bond acceptors (Lipinski definition) is 5. The van der Waals surface area contributed by atoms with Gasteiger partial charge in [-0.2, -0.15) is 11.3 Å². The summed E-state index contributed by atoms with van der Waals surface area (Å²) in [6.07, 6.45) is 4.52. The quantitative estimate of drug-likeness (QED) is 0.839. The molecule has 3 heterocycles. The minimum atomic E-state index is 0.290. The number of nitrogens with one attached hydrogen (secondary N) is 1. The highest BCUT2D eigenvalue weighted by Crippen LogP contribution is 2.56. The fraction of sp³-hybridized carbons (Fsp3) is 0.737. The minimum Gasteiger partial charge on any atom is -0.378 e. The van der Waals surface area contributed by atoms with Crippen LogP contribution >= 0.6 is 11.3 Å². The van der Waals surface area contributed by atoms with Crippen molar-refractivity contribution < 1.29 is 9.53 Å². The third-order valence-corrected chi connectivity index (χ3v) is 6.86. The highest BCUT2D eigenvalue weighted by atomic mass is 32.1. The van der Waals surface area contributed by atoms with E-state index in [1.807, 2.05) is 4.90 Å². The standard InChI is InChI=1S/C19H29N3O2S/c23-18(21-8-10-24-11-9-21)1-7-22(14-16-2-12-25-15-16)17-13-19(17)3-5-20-6-4-19/h2,12,15,17,20H,1,3-11,13-14H2/t17-/m0/s1. The Morgan fingerprint density at radius 3 is 2.88 bits per heavy atom. The van der Waals surface area contributed by atoms with Crippen LogP contribution in [0.5, 0.6) is 0 Å². The van der Waals surface area contributed by atoms with Gasteiger partial charge in [-0.05, 0) is 60.2 Å². The molecular weight excluding hydrogens is 334 g/mol. The van der Waals surface area contributed by atoms with Crippen molar-refractivity contribution in [3.63, 3.8) is 0 Å². The molecule has 6 heteroatoms. The van der Waals surface area contributed by atoms with Gasteiger partial charge in [0.25, 0.3) is 0 Å². The number of nitrogens with zero attached hydrogens (tertiary/aromatic N) is 2. The van der Waals surface area contributed by atoms with Crippen LogP contribution < -0.4 is 5.32 Å². The Bertz CT molecular complexity index is 565.